The molecule has 7 nitrogen and oxygen atoms in total. The highest BCUT2D eigenvalue weighted by molar-refractivity contribution is 5.95. The van der Waals surface area contributed by atoms with Gasteiger partial charge < -0.3 is 21.3 Å². The molecule has 0 aromatic heterocycles. The normalized spacial score (nSPS) is 13.2. The summed E-state index contributed by atoms with van der Waals surface area (Å²) in [5.74, 6) is -0.516. The third-order valence-electron chi connectivity index (χ3n) is 2.79. The van der Waals surface area contributed by atoms with Crippen LogP contribution in [0.25, 0.3) is 0 Å². The number of hydrogen-bond donors (Lipinski definition) is 4. The third-order valence-corrected chi connectivity index (χ3v) is 2.79. The first kappa shape index (κ1) is 14.8. The lowest BCUT2D eigenvalue weighted by Crippen LogP contribution is -2.40. The van der Waals surface area contributed by atoms with Crippen LogP contribution >= 0.6 is 0 Å². The number of rotatable bonds is 5. The van der Waals surface area contributed by atoms with E-state index >= 15 is 0 Å². The number of amides is 4. The first-order valence-electron chi connectivity index (χ1n) is 6.75. The number of hydrogen-bond acceptors (Lipinski definition) is 3. The van der Waals surface area contributed by atoms with Crippen LogP contribution in [0.15, 0.2) is 24.3 Å². The van der Waals surface area contributed by atoms with Gasteiger partial charge in [-0.25, -0.2) is 4.79 Å². The van der Waals surface area contributed by atoms with Gasteiger partial charge in [0, 0.05) is 24.3 Å². The molecular formula is C14H18N4O3. The van der Waals surface area contributed by atoms with E-state index in [-0.39, 0.29) is 30.4 Å². The summed E-state index contributed by atoms with van der Waals surface area (Å²) in [6.07, 6.45) is 1.99. The highest BCUT2D eigenvalue weighted by Crippen LogP contribution is 2.18. The van der Waals surface area contributed by atoms with Crippen molar-refractivity contribution in [1.82, 2.24) is 10.6 Å². The zero-order chi connectivity index (χ0) is 15.2. The highest BCUT2D eigenvalue weighted by atomic mass is 16.2. The molecule has 0 aliphatic heterocycles. The molecule has 0 heterocycles. The van der Waals surface area contributed by atoms with Crippen LogP contribution in [-0.4, -0.2) is 30.4 Å². The van der Waals surface area contributed by atoms with E-state index in [1.54, 1.807) is 24.3 Å². The van der Waals surface area contributed by atoms with Crippen molar-refractivity contribution in [2.45, 2.75) is 25.8 Å². The second kappa shape index (κ2) is 6.74. The Morgan fingerprint density at radius 1 is 1.14 bits per heavy atom. The Morgan fingerprint density at radius 2 is 1.81 bits per heavy atom. The molecule has 4 N–H and O–H groups in total. The number of nitrogens with one attached hydrogen (secondary N) is 4. The molecule has 0 bridgehead atoms. The Balaban J connectivity index is 1.78. The first-order valence-corrected chi connectivity index (χ1v) is 6.75. The van der Waals surface area contributed by atoms with Crippen LogP contribution in [0, 0.1) is 0 Å². The van der Waals surface area contributed by atoms with Gasteiger partial charge in [-0.2, -0.15) is 0 Å². The summed E-state index contributed by atoms with van der Waals surface area (Å²) in [6.45, 7) is 1.30. The summed E-state index contributed by atoms with van der Waals surface area (Å²) in [4.78, 5) is 34.1. The van der Waals surface area contributed by atoms with Crippen LogP contribution in [0.4, 0.5) is 16.2 Å². The first-order chi connectivity index (χ1) is 10.0. The van der Waals surface area contributed by atoms with Crippen LogP contribution < -0.4 is 21.3 Å². The standard InChI is InChI=1S/C14H18N4O3/c1-9(19)16-11-3-2-4-12(7-11)17-13(20)8-15-14(21)18-10-5-6-10/h2-4,7,10H,5-6,8H2,1H3,(H,16,19)(H,17,20)(H2,15,18,21). The summed E-state index contributed by atoms with van der Waals surface area (Å²) in [5, 5.41) is 10.5. The van der Waals surface area contributed by atoms with Crippen molar-refractivity contribution >= 4 is 29.2 Å². The molecule has 1 aliphatic rings. The van der Waals surface area contributed by atoms with Gasteiger partial charge in [-0.05, 0) is 31.0 Å². The van der Waals surface area contributed by atoms with Crippen molar-refractivity contribution in [3.05, 3.63) is 24.3 Å². The zero-order valence-corrected chi connectivity index (χ0v) is 11.7. The van der Waals surface area contributed by atoms with Crippen molar-refractivity contribution in [2.75, 3.05) is 17.2 Å². The summed E-state index contributed by atoms with van der Waals surface area (Å²) in [6, 6.07) is 6.70. The van der Waals surface area contributed by atoms with Gasteiger partial charge in [-0.3, -0.25) is 9.59 Å². The minimum absolute atomic E-state index is 0.108. The fraction of sp³-hybridized carbons (Fsp3) is 0.357. The van der Waals surface area contributed by atoms with Gasteiger partial charge in [0.25, 0.3) is 0 Å². The molecule has 4 amide bonds. The van der Waals surface area contributed by atoms with Crippen LogP contribution in [0.3, 0.4) is 0 Å². The van der Waals surface area contributed by atoms with Crippen molar-refractivity contribution in [1.29, 1.82) is 0 Å². The summed E-state index contributed by atoms with van der Waals surface area (Å²) < 4.78 is 0. The van der Waals surface area contributed by atoms with E-state index in [1.165, 1.54) is 6.92 Å². The second-order valence-corrected chi connectivity index (χ2v) is 4.91. The lowest BCUT2D eigenvalue weighted by atomic mass is 10.2. The predicted molar refractivity (Wildman–Crippen MR) is 78.9 cm³/mol. The lowest BCUT2D eigenvalue weighted by molar-refractivity contribution is -0.115. The van der Waals surface area contributed by atoms with Crippen molar-refractivity contribution in [2.24, 2.45) is 0 Å². The lowest BCUT2D eigenvalue weighted by Gasteiger charge is -2.09. The fourth-order valence-electron chi connectivity index (χ4n) is 1.71. The number of anilines is 2. The van der Waals surface area contributed by atoms with E-state index in [9.17, 15) is 14.4 Å². The number of benzene rings is 1. The van der Waals surface area contributed by atoms with E-state index in [2.05, 4.69) is 21.3 Å². The van der Waals surface area contributed by atoms with Crippen LogP contribution in [0.2, 0.25) is 0 Å². The van der Waals surface area contributed by atoms with Crippen LogP contribution in [0.1, 0.15) is 19.8 Å². The summed E-state index contributed by atoms with van der Waals surface area (Å²) in [7, 11) is 0. The monoisotopic (exact) mass is 290 g/mol. The van der Waals surface area contributed by atoms with E-state index in [4.69, 9.17) is 0 Å². The third kappa shape index (κ3) is 5.52. The number of carbonyl (C=O) groups is 3. The molecule has 1 saturated carbocycles. The summed E-state index contributed by atoms with van der Waals surface area (Å²) in [5.41, 5.74) is 1.15. The molecule has 1 aromatic carbocycles. The van der Waals surface area contributed by atoms with Gasteiger partial charge in [-0.1, -0.05) is 6.07 Å². The van der Waals surface area contributed by atoms with Crippen molar-refractivity contribution in [3.8, 4) is 0 Å². The topological polar surface area (TPSA) is 99.3 Å². The minimum atomic E-state index is -0.334. The molecule has 0 saturated heterocycles. The molecular weight excluding hydrogens is 272 g/mol. The van der Waals surface area contributed by atoms with Crippen LogP contribution in [0.5, 0.6) is 0 Å². The predicted octanol–water partition coefficient (Wildman–Crippen LogP) is 1.05. The molecule has 0 atom stereocenters. The largest absolute Gasteiger partial charge is 0.335 e. The van der Waals surface area contributed by atoms with Crippen LogP contribution in [-0.2, 0) is 9.59 Å². The fourth-order valence-corrected chi connectivity index (χ4v) is 1.71. The Morgan fingerprint density at radius 3 is 2.43 bits per heavy atom. The molecule has 1 fully saturated rings. The molecule has 0 spiro atoms. The van der Waals surface area contributed by atoms with E-state index in [0.29, 0.717) is 11.4 Å². The van der Waals surface area contributed by atoms with Crippen molar-refractivity contribution < 1.29 is 14.4 Å². The summed E-state index contributed by atoms with van der Waals surface area (Å²) >= 11 is 0. The Bertz CT molecular complexity index is 555. The molecule has 0 radical (unpaired) electrons. The number of urea groups is 1. The molecule has 1 aliphatic carbocycles. The average Bonchev–Trinajstić information content (AvgIpc) is 3.20. The van der Waals surface area contributed by atoms with Crippen molar-refractivity contribution in [3.63, 3.8) is 0 Å². The van der Waals surface area contributed by atoms with Gasteiger partial charge in [0.2, 0.25) is 11.8 Å². The highest BCUT2D eigenvalue weighted by Gasteiger charge is 2.23. The molecule has 1 aromatic rings. The van der Waals surface area contributed by atoms with Gasteiger partial charge in [0.1, 0.15) is 0 Å². The van der Waals surface area contributed by atoms with Gasteiger partial charge in [0.05, 0.1) is 6.54 Å². The molecule has 2 rings (SSSR count). The maximum atomic E-state index is 11.7. The van der Waals surface area contributed by atoms with Gasteiger partial charge in [-0.15, -0.1) is 0 Å². The SMILES string of the molecule is CC(=O)Nc1cccc(NC(=O)CNC(=O)NC2CC2)c1. The van der Waals surface area contributed by atoms with E-state index in [0.717, 1.165) is 12.8 Å². The Kier molecular flexibility index (Phi) is 4.76. The smallest absolute Gasteiger partial charge is 0.315 e. The Hall–Kier alpha value is -2.57. The molecule has 7 heteroatoms. The average molecular weight is 290 g/mol. The Labute approximate surface area is 122 Å². The van der Waals surface area contributed by atoms with E-state index in [1.807, 2.05) is 0 Å². The maximum Gasteiger partial charge on any atom is 0.315 e. The maximum absolute atomic E-state index is 11.7. The molecule has 21 heavy (non-hydrogen) atoms. The zero-order valence-electron chi connectivity index (χ0n) is 11.7. The van der Waals surface area contributed by atoms with E-state index < -0.39 is 0 Å². The molecule has 0 unspecified atom stereocenters. The minimum Gasteiger partial charge on any atom is -0.335 e. The quantitative estimate of drug-likeness (QED) is 0.652. The molecule has 112 valence electrons. The second-order valence-electron chi connectivity index (χ2n) is 4.91. The number of carbonyl (C=O) groups excluding carboxylic acids is 3. The van der Waals surface area contributed by atoms with Gasteiger partial charge >= 0.3 is 6.03 Å². The van der Waals surface area contributed by atoms with Gasteiger partial charge in [0.15, 0.2) is 0 Å².